The molecule has 6 nitrogen and oxygen atoms in total. The van der Waals surface area contributed by atoms with Crippen molar-refractivity contribution in [3.8, 4) is 0 Å². The van der Waals surface area contributed by atoms with Crippen molar-refractivity contribution in [3.05, 3.63) is 41.1 Å². The lowest BCUT2D eigenvalue weighted by Crippen LogP contribution is -2.15. The summed E-state index contributed by atoms with van der Waals surface area (Å²) in [5, 5.41) is 15.4. The van der Waals surface area contributed by atoms with Crippen LogP contribution in [0.15, 0.2) is 29.3 Å². The first-order chi connectivity index (χ1) is 9.47. The summed E-state index contributed by atoms with van der Waals surface area (Å²) in [6, 6.07) is 7.13. The first-order valence-corrected chi connectivity index (χ1v) is 7.72. The fourth-order valence-electron chi connectivity index (χ4n) is 1.85. The molecule has 7 heteroatoms. The number of aromatic amines is 1. The maximum Gasteiger partial charge on any atom is 0.281 e. The Morgan fingerprint density at radius 2 is 1.95 bits per heavy atom. The van der Waals surface area contributed by atoms with Gasteiger partial charge in [0.05, 0.1) is 6.61 Å². The summed E-state index contributed by atoms with van der Waals surface area (Å²) in [4.78, 5) is 0. The van der Waals surface area contributed by atoms with E-state index in [4.69, 9.17) is 0 Å². The summed E-state index contributed by atoms with van der Waals surface area (Å²) in [7, 11) is -3.81. The predicted octanol–water partition coefficient (Wildman–Crippen LogP) is 1.57. The van der Waals surface area contributed by atoms with E-state index in [2.05, 4.69) is 14.9 Å². The van der Waals surface area contributed by atoms with E-state index < -0.39 is 10.0 Å². The Bertz CT molecular complexity index is 690. The molecule has 0 amide bonds. The fraction of sp³-hybridized carbons (Fsp3) is 0.308. The molecule has 0 aliphatic heterocycles. The van der Waals surface area contributed by atoms with Crippen LogP contribution < -0.4 is 4.72 Å². The summed E-state index contributed by atoms with van der Waals surface area (Å²) < 4.78 is 26.9. The number of hydrogen-bond acceptors (Lipinski definition) is 4. The van der Waals surface area contributed by atoms with Crippen molar-refractivity contribution >= 4 is 15.7 Å². The summed E-state index contributed by atoms with van der Waals surface area (Å²) >= 11 is 0. The molecule has 20 heavy (non-hydrogen) atoms. The van der Waals surface area contributed by atoms with Crippen LogP contribution in [0, 0.1) is 6.92 Å². The molecular weight excluding hydrogens is 278 g/mol. The van der Waals surface area contributed by atoms with E-state index >= 15 is 0 Å². The van der Waals surface area contributed by atoms with Crippen molar-refractivity contribution in [3.63, 3.8) is 0 Å². The average molecular weight is 295 g/mol. The number of aromatic nitrogens is 2. The molecule has 3 N–H and O–H groups in total. The third kappa shape index (κ3) is 2.83. The molecule has 0 aliphatic rings. The molecule has 0 fully saturated rings. The maximum atomic E-state index is 12.2. The van der Waals surface area contributed by atoms with E-state index in [-0.39, 0.29) is 17.2 Å². The zero-order valence-corrected chi connectivity index (χ0v) is 12.2. The summed E-state index contributed by atoms with van der Waals surface area (Å²) in [6.45, 7) is 3.31. The zero-order chi connectivity index (χ0) is 14.8. The highest BCUT2D eigenvalue weighted by atomic mass is 32.2. The molecule has 1 aromatic heterocycles. The van der Waals surface area contributed by atoms with Crippen molar-refractivity contribution in [1.82, 2.24) is 10.2 Å². The monoisotopic (exact) mass is 295 g/mol. The number of rotatable bonds is 5. The van der Waals surface area contributed by atoms with E-state index in [1.54, 1.807) is 19.1 Å². The Morgan fingerprint density at radius 3 is 2.50 bits per heavy atom. The van der Waals surface area contributed by atoms with Crippen LogP contribution in [-0.4, -0.2) is 23.7 Å². The maximum absolute atomic E-state index is 12.2. The van der Waals surface area contributed by atoms with Gasteiger partial charge < -0.3 is 5.11 Å². The number of benzene rings is 1. The third-order valence-corrected chi connectivity index (χ3v) is 4.41. The second kappa shape index (κ2) is 5.64. The first-order valence-electron chi connectivity index (χ1n) is 6.24. The molecule has 1 heterocycles. The van der Waals surface area contributed by atoms with Crippen LogP contribution in [0.2, 0.25) is 0 Å². The smallest absolute Gasteiger partial charge is 0.281 e. The molecule has 0 spiro atoms. The van der Waals surface area contributed by atoms with Gasteiger partial charge in [0.2, 0.25) is 5.03 Å². The Kier molecular flexibility index (Phi) is 4.10. The molecule has 0 radical (unpaired) electrons. The van der Waals surface area contributed by atoms with Crippen molar-refractivity contribution in [2.75, 3.05) is 4.72 Å². The van der Waals surface area contributed by atoms with Crippen molar-refractivity contribution in [2.45, 2.75) is 31.9 Å². The largest absolute Gasteiger partial charge is 0.392 e. The van der Waals surface area contributed by atoms with Gasteiger partial charge in [-0.15, -0.1) is 0 Å². The van der Waals surface area contributed by atoms with Crippen molar-refractivity contribution in [1.29, 1.82) is 0 Å². The highest BCUT2D eigenvalue weighted by molar-refractivity contribution is 7.92. The number of anilines is 1. The van der Waals surface area contributed by atoms with Gasteiger partial charge in [-0.05, 0) is 31.0 Å². The number of sulfonamides is 1. The number of aliphatic hydroxyl groups excluding tert-OH is 1. The Balaban J connectivity index is 2.30. The van der Waals surface area contributed by atoms with Crippen LogP contribution in [0.3, 0.4) is 0 Å². The van der Waals surface area contributed by atoms with Gasteiger partial charge in [-0.25, -0.2) is 0 Å². The van der Waals surface area contributed by atoms with Gasteiger partial charge in [0.25, 0.3) is 10.0 Å². The molecule has 0 bridgehead atoms. The number of hydrogen-bond donors (Lipinski definition) is 3. The lowest BCUT2D eigenvalue weighted by atomic mass is 10.2. The lowest BCUT2D eigenvalue weighted by molar-refractivity contribution is 0.277. The fourth-order valence-corrected chi connectivity index (χ4v) is 3.10. The van der Waals surface area contributed by atoms with Gasteiger partial charge in [0, 0.05) is 16.9 Å². The predicted molar refractivity (Wildman–Crippen MR) is 75.9 cm³/mol. The Morgan fingerprint density at radius 1 is 1.30 bits per heavy atom. The van der Waals surface area contributed by atoms with E-state index in [0.717, 1.165) is 12.0 Å². The van der Waals surface area contributed by atoms with Gasteiger partial charge in [-0.3, -0.25) is 9.82 Å². The van der Waals surface area contributed by atoms with E-state index in [0.29, 0.717) is 11.4 Å². The number of aryl methyl sites for hydroxylation is 2. The standard InChI is InChI=1S/C13H17N3O3S/c1-3-10-4-6-11(7-5-10)16-20(18,19)13-12(8-17)9(2)14-15-13/h4-7,16-17H,3,8H2,1-2H3,(H,14,15). The topological polar surface area (TPSA) is 95.1 Å². The minimum Gasteiger partial charge on any atom is -0.392 e. The molecular formula is C13H17N3O3S. The van der Waals surface area contributed by atoms with E-state index in [1.807, 2.05) is 19.1 Å². The van der Waals surface area contributed by atoms with E-state index in [9.17, 15) is 13.5 Å². The Hall–Kier alpha value is -1.86. The second-order valence-corrected chi connectivity index (χ2v) is 6.04. The van der Waals surface area contributed by atoms with Gasteiger partial charge in [-0.1, -0.05) is 19.1 Å². The number of nitrogens with zero attached hydrogens (tertiary/aromatic N) is 1. The van der Waals surface area contributed by atoms with Crippen LogP contribution in [0.5, 0.6) is 0 Å². The summed E-state index contributed by atoms with van der Waals surface area (Å²) in [6.07, 6.45) is 0.889. The minimum atomic E-state index is -3.81. The Labute approximate surface area is 117 Å². The van der Waals surface area contributed by atoms with Gasteiger partial charge in [0.15, 0.2) is 0 Å². The molecule has 0 aliphatic carbocycles. The first kappa shape index (κ1) is 14.5. The van der Waals surface area contributed by atoms with Crippen LogP contribution in [-0.2, 0) is 23.1 Å². The molecule has 0 saturated heterocycles. The second-order valence-electron chi connectivity index (χ2n) is 4.45. The van der Waals surface area contributed by atoms with Crippen molar-refractivity contribution < 1.29 is 13.5 Å². The number of H-pyrrole nitrogens is 1. The average Bonchev–Trinajstić information content (AvgIpc) is 2.81. The molecule has 0 unspecified atom stereocenters. The highest BCUT2D eigenvalue weighted by Crippen LogP contribution is 2.20. The number of aliphatic hydroxyl groups is 1. The molecule has 0 saturated carbocycles. The quantitative estimate of drug-likeness (QED) is 0.780. The van der Waals surface area contributed by atoms with Crippen LogP contribution in [0.1, 0.15) is 23.7 Å². The number of nitrogens with one attached hydrogen (secondary N) is 2. The normalized spacial score (nSPS) is 11.6. The van der Waals surface area contributed by atoms with Crippen LogP contribution in [0.25, 0.3) is 0 Å². The zero-order valence-electron chi connectivity index (χ0n) is 11.3. The molecule has 108 valence electrons. The van der Waals surface area contributed by atoms with Crippen LogP contribution in [0.4, 0.5) is 5.69 Å². The molecule has 2 rings (SSSR count). The third-order valence-electron chi connectivity index (χ3n) is 3.06. The molecule has 0 atom stereocenters. The van der Waals surface area contributed by atoms with Gasteiger partial charge in [-0.2, -0.15) is 13.5 Å². The molecule has 1 aromatic carbocycles. The van der Waals surface area contributed by atoms with Gasteiger partial charge >= 0.3 is 0 Å². The molecule has 2 aromatic rings. The van der Waals surface area contributed by atoms with E-state index in [1.165, 1.54) is 0 Å². The summed E-state index contributed by atoms with van der Waals surface area (Å²) in [5.41, 5.74) is 2.41. The minimum absolute atomic E-state index is 0.169. The van der Waals surface area contributed by atoms with Gasteiger partial charge in [0.1, 0.15) is 0 Å². The summed E-state index contributed by atoms with van der Waals surface area (Å²) in [5.74, 6) is 0. The SMILES string of the molecule is CCc1ccc(NS(=O)(=O)c2n[nH]c(C)c2CO)cc1. The highest BCUT2D eigenvalue weighted by Gasteiger charge is 2.23. The van der Waals surface area contributed by atoms with Crippen molar-refractivity contribution in [2.24, 2.45) is 0 Å². The lowest BCUT2D eigenvalue weighted by Gasteiger charge is -2.07. The van der Waals surface area contributed by atoms with Crippen LogP contribution >= 0.6 is 0 Å².